The fraction of sp³-hybridized carbons (Fsp3) is 0.875. The summed E-state index contributed by atoms with van der Waals surface area (Å²) in [7, 11) is 0. The number of fused-ring (bicyclic) bond motifs is 1. The third-order valence-electron chi connectivity index (χ3n) is 2.61. The molecule has 0 aromatic heterocycles. The summed E-state index contributed by atoms with van der Waals surface area (Å²) < 4.78 is 0. The molecule has 0 aromatic rings. The second-order valence-corrected chi connectivity index (χ2v) is 3.46. The Hall–Kier alpha value is -0.570. The molecule has 1 heterocycles. The molecule has 1 saturated carbocycles. The van der Waals surface area contributed by atoms with E-state index in [1.54, 1.807) is 0 Å². The van der Waals surface area contributed by atoms with Crippen LogP contribution in [0.5, 0.6) is 0 Å². The first-order valence-corrected chi connectivity index (χ1v) is 4.42. The van der Waals surface area contributed by atoms with Crippen molar-refractivity contribution in [2.24, 2.45) is 10.7 Å². The summed E-state index contributed by atoms with van der Waals surface area (Å²) in [5, 5.41) is 3.42. The molecular formula is C8H15N3. The lowest BCUT2D eigenvalue weighted by molar-refractivity contribution is 0.329. The summed E-state index contributed by atoms with van der Waals surface area (Å²) in [6.45, 7) is 0.793. The van der Waals surface area contributed by atoms with Crippen molar-refractivity contribution in [3.05, 3.63) is 0 Å². The van der Waals surface area contributed by atoms with E-state index in [0.717, 1.165) is 12.4 Å². The van der Waals surface area contributed by atoms with E-state index in [1.165, 1.54) is 25.7 Å². The first-order valence-electron chi connectivity index (χ1n) is 4.42. The quantitative estimate of drug-likeness (QED) is 0.524. The van der Waals surface area contributed by atoms with Crippen LogP contribution < -0.4 is 11.1 Å². The van der Waals surface area contributed by atoms with Gasteiger partial charge in [0.1, 0.15) is 5.84 Å². The van der Waals surface area contributed by atoms with Gasteiger partial charge in [-0.25, -0.2) is 0 Å². The van der Waals surface area contributed by atoms with Gasteiger partial charge in [0.15, 0.2) is 0 Å². The number of hydrogen-bond donors (Lipinski definition) is 2. The largest absolute Gasteiger partial charge is 0.386 e. The lowest BCUT2D eigenvalue weighted by atomic mass is 9.90. The molecule has 3 N–H and O–H groups in total. The zero-order valence-electron chi connectivity index (χ0n) is 6.71. The SMILES string of the molecule is NC1=N[C@H]2CCCC[C@H]2NC1. The number of hydrogen-bond acceptors (Lipinski definition) is 3. The standard InChI is InChI=1S/C8H15N3/c9-8-5-10-6-3-1-2-4-7(6)11-8/h6-7,10H,1-5H2,(H2,9,11)/t6-,7+/m1/s1. The minimum absolute atomic E-state index is 0.484. The first-order chi connectivity index (χ1) is 5.36. The Kier molecular flexibility index (Phi) is 1.82. The van der Waals surface area contributed by atoms with E-state index < -0.39 is 0 Å². The second kappa shape index (κ2) is 2.81. The molecule has 3 heteroatoms. The van der Waals surface area contributed by atoms with Gasteiger partial charge in [0.2, 0.25) is 0 Å². The van der Waals surface area contributed by atoms with Gasteiger partial charge in [-0.1, -0.05) is 12.8 Å². The fourth-order valence-corrected chi connectivity index (χ4v) is 2.00. The molecule has 0 saturated heterocycles. The molecule has 11 heavy (non-hydrogen) atoms. The predicted octanol–water partition coefficient (Wildman–Crippen LogP) is 0.258. The van der Waals surface area contributed by atoms with Crippen LogP contribution in [0.2, 0.25) is 0 Å². The van der Waals surface area contributed by atoms with E-state index in [-0.39, 0.29) is 0 Å². The van der Waals surface area contributed by atoms with Crippen LogP contribution in [0, 0.1) is 0 Å². The van der Waals surface area contributed by atoms with Crippen LogP contribution in [0.4, 0.5) is 0 Å². The van der Waals surface area contributed by atoms with Gasteiger partial charge in [0.25, 0.3) is 0 Å². The first kappa shape index (κ1) is 7.10. The van der Waals surface area contributed by atoms with Crippen LogP contribution in [0.25, 0.3) is 0 Å². The summed E-state index contributed by atoms with van der Waals surface area (Å²) in [5.74, 6) is 0.785. The molecular weight excluding hydrogens is 138 g/mol. The third kappa shape index (κ3) is 1.38. The maximum Gasteiger partial charge on any atom is 0.108 e. The highest BCUT2D eigenvalue weighted by Gasteiger charge is 2.26. The molecule has 0 aromatic carbocycles. The molecule has 2 atom stereocenters. The van der Waals surface area contributed by atoms with Crippen LogP contribution in [0.1, 0.15) is 25.7 Å². The lowest BCUT2D eigenvalue weighted by Crippen LogP contribution is -2.49. The van der Waals surface area contributed by atoms with Crippen molar-refractivity contribution in [1.29, 1.82) is 0 Å². The van der Waals surface area contributed by atoms with Gasteiger partial charge in [-0.05, 0) is 12.8 Å². The van der Waals surface area contributed by atoms with Gasteiger partial charge >= 0.3 is 0 Å². The molecule has 3 nitrogen and oxygen atoms in total. The smallest absolute Gasteiger partial charge is 0.108 e. The number of nitrogens with zero attached hydrogens (tertiary/aromatic N) is 1. The van der Waals surface area contributed by atoms with Gasteiger partial charge in [0.05, 0.1) is 12.6 Å². The number of nitrogens with one attached hydrogen (secondary N) is 1. The Labute approximate surface area is 67.1 Å². The zero-order valence-corrected chi connectivity index (χ0v) is 6.71. The van der Waals surface area contributed by atoms with Crippen molar-refractivity contribution in [2.75, 3.05) is 6.54 Å². The summed E-state index contributed by atoms with van der Waals surface area (Å²) in [6.07, 6.45) is 5.17. The summed E-state index contributed by atoms with van der Waals surface area (Å²) >= 11 is 0. The maximum absolute atomic E-state index is 5.63. The van der Waals surface area contributed by atoms with Crippen molar-refractivity contribution < 1.29 is 0 Å². The van der Waals surface area contributed by atoms with Gasteiger partial charge in [-0.2, -0.15) is 0 Å². The predicted molar refractivity (Wildman–Crippen MR) is 45.7 cm³/mol. The molecule has 62 valence electrons. The average Bonchev–Trinajstić information content (AvgIpc) is 2.04. The van der Waals surface area contributed by atoms with Gasteiger partial charge < -0.3 is 11.1 Å². The fourth-order valence-electron chi connectivity index (χ4n) is 2.00. The zero-order chi connectivity index (χ0) is 7.68. The molecule has 0 bridgehead atoms. The highest BCUT2D eigenvalue weighted by Crippen LogP contribution is 2.22. The van der Waals surface area contributed by atoms with Crippen LogP contribution >= 0.6 is 0 Å². The van der Waals surface area contributed by atoms with Crippen molar-refractivity contribution in [2.45, 2.75) is 37.8 Å². The van der Waals surface area contributed by atoms with E-state index in [2.05, 4.69) is 10.3 Å². The molecule has 1 aliphatic heterocycles. The van der Waals surface area contributed by atoms with Crippen molar-refractivity contribution in [1.82, 2.24) is 5.32 Å². The summed E-state index contributed by atoms with van der Waals surface area (Å²) in [6, 6.07) is 1.11. The Morgan fingerprint density at radius 3 is 3.09 bits per heavy atom. The Morgan fingerprint density at radius 1 is 1.36 bits per heavy atom. The van der Waals surface area contributed by atoms with Crippen molar-refractivity contribution in [3.8, 4) is 0 Å². The van der Waals surface area contributed by atoms with Gasteiger partial charge in [0, 0.05) is 6.04 Å². The van der Waals surface area contributed by atoms with Gasteiger partial charge in [-0.15, -0.1) is 0 Å². The molecule has 2 rings (SSSR count). The molecule has 0 radical (unpaired) electrons. The molecule has 1 fully saturated rings. The van der Waals surface area contributed by atoms with Crippen LogP contribution in [-0.2, 0) is 0 Å². The number of rotatable bonds is 0. The van der Waals surface area contributed by atoms with E-state index in [9.17, 15) is 0 Å². The molecule has 1 aliphatic carbocycles. The Bertz CT molecular complexity index is 176. The Balaban J connectivity index is 2.07. The van der Waals surface area contributed by atoms with E-state index in [1.807, 2.05) is 0 Å². The number of nitrogens with two attached hydrogens (primary N) is 1. The normalized spacial score (nSPS) is 37.6. The van der Waals surface area contributed by atoms with Crippen molar-refractivity contribution in [3.63, 3.8) is 0 Å². The molecule has 2 aliphatic rings. The molecule has 0 unspecified atom stereocenters. The van der Waals surface area contributed by atoms with E-state index in [4.69, 9.17) is 5.73 Å². The lowest BCUT2D eigenvalue weighted by Gasteiger charge is -2.33. The summed E-state index contributed by atoms with van der Waals surface area (Å²) in [4.78, 5) is 4.44. The van der Waals surface area contributed by atoms with E-state index >= 15 is 0 Å². The second-order valence-electron chi connectivity index (χ2n) is 3.46. The molecule has 0 spiro atoms. The average molecular weight is 153 g/mol. The third-order valence-corrected chi connectivity index (χ3v) is 2.61. The minimum Gasteiger partial charge on any atom is -0.386 e. The van der Waals surface area contributed by atoms with Crippen LogP contribution in [-0.4, -0.2) is 24.5 Å². The Morgan fingerprint density at radius 2 is 2.18 bits per heavy atom. The monoisotopic (exact) mass is 153 g/mol. The van der Waals surface area contributed by atoms with Crippen LogP contribution in [0.3, 0.4) is 0 Å². The maximum atomic E-state index is 5.63. The topological polar surface area (TPSA) is 50.4 Å². The van der Waals surface area contributed by atoms with E-state index in [0.29, 0.717) is 12.1 Å². The van der Waals surface area contributed by atoms with Crippen molar-refractivity contribution >= 4 is 5.84 Å². The highest BCUT2D eigenvalue weighted by atomic mass is 15.1. The van der Waals surface area contributed by atoms with Crippen LogP contribution in [0.15, 0.2) is 4.99 Å². The summed E-state index contributed by atoms with van der Waals surface area (Å²) in [5.41, 5.74) is 5.63. The highest BCUT2D eigenvalue weighted by molar-refractivity contribution is 5.83. The number of aliphatic imine (C=N–C) groups is 1. The minimum atomic E-state index is 0.484. The number of amidine groups is 1. The van der Waals surface area contributed by atoms with Gasteiger partial charge in [-0.3, -0.25) is 4.99 Å². The molecule has 0 amide bonds.